The summed E-state index contributed by atoms with van der Waals surface area (Å²) in [5, 5.41) is 2.11. The van der Waals surface area contributed by atoms with E-state index in [1.807, 2.05) is 42.5 Å². The number of carbonyl (C=O) groups is 2. The van der Waals surface area contributed by atoms with Crippen LogP contribution in [0.1, 0.15) is 22.8 Å². The van der Waals surface area contributed by atoms with E-state index in [4.69, 9.17) is 9.47 Å². The van der Waals surface area contributed by atoms with E-state index in [9.17, 15) is 9.59 Å². The van der Waals surface area contributed by atoms with Gasteiger partial charge in [-0.25, -0.2) is 0 Å². The quantitative estimate of drug-likeness (QED) is 0.399. The van der Waals surface area contributed by atoms with Crippen LogP contribution in [-0.2, 0) is 11.2 Å². The molecule has 0 aliphatic carbocycles. The first-order chi connectivity index (χ1) is 12.1. The van der Waals surface area contributed by atoms with E-state index >= 15 is 0 Å². The van der Waals surface area contributed by atoms with Gasteiger partial charge in [-0.2, -0.15) is 0 Å². The van der Waals surface area contributed by atoms with Crippen LogP contribution in [0.4, 0.5) is 0 Å². The van der Waals surface area contributed by atoms with Gasteiger partial charge < -0.3 is 9.47 Å². The molecule has 0 atom stereocenters. The van der Waals surface area contributed by atoms with E-state index < -0.39 is 0 Å². The monoisotopic (exact) mass is 334 g/mol. The standard InChI is InChI=1S/C21H18O4/c1-14(22)16-10-11-19(20(12-16)24-2)25-21(23)13-17-8-5-7-15-6-3-4-9-18(15)17/h3-12H,13H2,1-2H3. The van der Waals surface area contributed by atoms with Gasteiger partial charge in [0.1, 0.15) is 0 Å². The second-order valence-corrected chi connectivity index (χ2v) is 5.71. The molecule has 25 heavy (non-hydrogen) atoms. The predicted molar refractivity (Wildman–Crippen MR) is 96.3 cm³/mol. The summed E-state index contributed by atoms with van der Waals surface area (Å²) in [6.45, 7) is 1.47. The van der Waals surface area contributed by atoms with Gasteiger partial charge in [0.25, 0.3) is 0 Å². The van der Waals surface area contributed by atoms with Gasteiger partial charge in [0.2, 0.25) is 0 Å². The van der Waals surface area contributed by atoms with E-state index in [2.05, 4.69) is 0 Å². The molecule has 0 bridgehead atoms. The minimum Gasteiger partial charge on any atom is -0.493 e. The van der Waals surface area contributed by atoms with E-state index in [1.165, 1.54) is 14.0 Å². The molecule has 0 spiro atoms. The van der Waals surface area contributed by atoms with Crippen LogP contribution < -0.4 is 9.47 Å². The number of carbonyl (C=O) groups excluding carboxylic acids is 2. The summed E-state index contributed by atoms with van der Waals surface area (Å²) in [5.74, 6) is 0.203. The lowest BCUT2D eigenvalue weighted by molar-refractivity contribution is -0.133. The summed E-state index contributed by atoms with van der Waals surface area (Å²) in [5.41, 5.74) is 1.41. The lowest BCUT2D eigenvalue weighted by Crippen LogP contribution is -2.12. The lowest BCUT2D eigenvalue weighted by Gasteiger charge is -2.11. The number of ketones is 1. The van der Waals surface area contributed by atoms with Crippen LogP contribution in [0.15, 0.2) is 60.7 Å². The zero-order valence-electron chi connectivity index (χ0n) is 14.1. The summed E-state index contributed by atoms with van der Waals surface area (Å²) < 4.78 is 10.7. The number of fused-ring (bicyclic) bond motifs is 1. The van der Waals surface area contributed by atoms with Crippen molar-refractivity contribution in [2.45, 2.75) is 13.3 Å². The number of esters is 1. The van der Waals surface area contributed by atoms with E-state index in [0.29, 0.717) is 17.1 Å². The number of Topliss-reactive ketones (excluding diaryl/α,β-unsaturated/α-hetero) is 1. The molecule has 0 aliphatic heterocycles. The second-order valence-electron chi connectivity index (χ2n) is 5.71. The zero-order valence-corrected chi connectivity index (χ0v) is 14.1. The molecule has 0 amide bonds. The van der Waals surface area contributed by atoms with Crippen LogP contribution in [0, 0.1) is 0 Å². The third kappa shape index (κ3) is 3.69. The summed E-state index contributed by atoms with van der Waals surface area (Å²) in [6, 6.07) is 18.5. The molecule has 0 aliphatic rings. The third-order valence-electron chi connectivity index (χ3n) is 4.01. The highest BCUT2D eigenvalue weighted by Crippen LogP contribution is 2.29. The minimum absolute atomic E-state index is 0.0769. The lowest BCUT2D eigenvalue weighted by atomic mass is 10.0. The summed E-state index contributed by atoms with van der Waals surface area (Å²) >= 11 is 0. The molecule has 0 aromatic heterocycles. The Morgan fingerprint density at radius 1 is 0.920 bits per heavy atom. The molecule has 0 saturated carbocycles. The van der Waals surface area contributed by atoms with Gasteiger partial charge in [0.15, 0.2) is 17.3 Å². The number of methoxy groups -OCH3 is 1. The first-order valence-corrected chi connectivity index (χ1v) is 7.95. The smallest absolute Gasteiger partial charge is 0.315 e. The number of ether oxygens (including phenoxy) is 2. The third-order valence-corrected chi connectivity index (χ3v) is 4.01. The first kappa shape index (κ1) is 16.7. The SMILES string of the molecule is COc1cc(C(C)=O)ccc1OC(=O)Cc1cccc2ccccc12. The number of hydrogen-bond donors (Lipinski definition) is 0. The van der Waals surface area contributed by atoms with Crippen LogP contribution in [0.2, 0.25) is 0 Å². The van der Waals surface area contributed by atoms with E-state index in [-0.39, 0.29) is 18.2 Å². The highest BCUT2D eigenvalue weighted by atomic mass is 16.6. The van der Waals surface area contributed by atoms with Crippen molar-refractivity contribution < 1.29 is 19.1 Å². The topological polar surface area (TPSA) is 52.6 Å². The molecule has 0 radical (unpaired) electrons. The summed E-state index contributed by atoms with van der Waals surface area (Å²) in [4.78, 5) is 23.8. The molecule has 0 saturated heterocycles. The van der Waals surface area contributed by atoms with Gasteiger partial charge in [-0.15, -0.1) is 0 Å². The number of benzene rings is 3. The fourth-order valence-electron chi connectivity index (χ4n) is 2.73. The van der Waals surface area contributed by atoms with Crippen LogP contribution >= 0.6 is 0 Å². The Kier molecular flexibility index (Phi) is 4.80. The molecule has 3 aromatic rings. The molecule has 4 heteroatoms. The highest BCUT2D eigenvalue weighted by molar-refractivity contribution is 5.95. The van der Waals surface area contributed by atoms with Crippen molar-refractivity contribution in [3.05, 3.63) is 71.8 Å². The number of hydrogen-bond acceptors (Lipinski definition) is 4. The molecular formula is C21H18O4. The van der Waals surface area contributed by atoms with Crippen molar-refractivity contribution >= 4 is 22.5 Å². The Hall–Kier alpha value is -3.14. The minimum atomic E-state index is -0.384. The molecule has 0 unspecified atom stereocenters. The average molecular weight is 334 g/mol. The van der Waals surface area contributed by atoms with Gasteiger partial charge in [-0.1, -0.05) is 42.5 Å². The van der Waals surface area contributed by atoms with Crippen molar-refractivity contribution in [2.24, 2.45) is 0 Å². The number of rotatable bonds is 5. The Morgan fingerprint density at radius 3 is 2.44 bits per heavy atom. The summed E-state index contributed by atoms with van der Waals surface area (Å²) in [7, 11) is 1.47. The Balaban J connectivity index is 1.82. The molecule has 3 rings (SSSR count). The van der Waals surface area contributed by atoms with Crippen LogP contribution in [0.25, 0.3) is 10.8 Å². The van der Waals surface area contributed by atoms with Crippen molar-refractivity contribution in [1.29, 1.82) is 0 Å². The van der Waals surface area contributed by atoms with Crippen LogP contribution in [0.5, 0.6) is 11.5 Å². The molecule has 0 fully saturated rings. The Bertz CT molecular complexity index is 938. The maximum atomic E-state index is 12.4. The van der Waals surface area contributed by atoms with E-state index in [1.54, 1.807) is 18.2 Å². The first-order valence-electron chi connectivity index (χ1n) is 7.95. The fraction of sp³-hybridized carbons (Fsp3) is 0.143. The molecule has 3 aromatic carbocycles. The second kappa shape index (κ2) is 7.18. The molecule has 4 nitrogen and oxygen atoms in total. The zero-order chi connectivity index (χ0) is 17.8. The van der Waals surface area contributed by atoms with Crippen molar-refractivity contribution in [1.82, 2.24) is 0 Å². The van der Waals surface area contributed by atoms with Gasteiger partial charge in [-0.05, 0) is 41.5 Å². The molecule has 0 N–H and O–H groups in total. The Morgan fingerprint density at radius 2 is 1.68 bits per heavy atom. The van der Waals surface area contributed by atoms with Gasteiger partial charge in [0.05, 0.1) is 13.5 Å². The van der Waals surface area contributed by atoms with Crippen LogP contribution in [0.3, 0.4) is 0 Å². The predicted octanol–water partition coefficient (Wildman–Crippen LogP) is 4.20. The van der Waals surface area contributed by atoms with Crippen molar-refractivity contribution in [3.63, 3.8) is 0 Å². The van der Waals surface area contributed by atoms with Crippen LogP contribution in [-0.4, -0.2) is 18.9 Å². The normalized spacial score (nSPS) is 10.5. The fourth-order valence-corrected chi connectivity index (χ4v) is 2.73. The van der Waals surface area contributed by atoms with Gasteiger partial charge in [0, 0.05) is 5.56 Å². The highest BCUT2D eigenvalue weighted by Gasteiger charge is 2.14. The maximum Gasteiger partial charge on any atom is 0.315 e. The van der Waals surface area contributed by atoms with Crippen molar-refractivity contribution in [3.8, 4) is 11.5 Å². The van der Waals surface area contributed by atoms with Gasteiger partial charge in [-0.3, -0.25) is 9.59 Å². The van der Waals surface area contributed by atoms with Crippen molar-refractivity contribution in [2.75, 3.05) is 7.11 Å². The Labute approximate surface area is 146 Å². The summed E-state index contributed by atoms with van der Waals surface area (Å²) in [6.07, 6.45) is 0.152. The van der Waals surface area contributed by atoms with E-state index in [0.717, 1.165) is 16.3 Å². The maximum absolute atomic E-state index is 12.4. The average Bonchev–Trinajstić information content (AvgIpc) is 2.62. The van der Waals surface area contributed by atoms with Gasteiger partial charge >= 0.3 is 5.97 Å². The molecule has 126 valence electrons. The molecular weight excluding hydrogens is 316 g/mol. The molecule has 0 heterocycles. The largest absolute Gasteiger partial charge is 0.493 e.